The Balaban J connectivity index is 1.95. The second-order valence-corrected chi connectivity index (χ2v) is 8.25. The number of hydrogen-bond acceptors (Lipinski definition) is 6. The van der Waals surface area contributed by atoms with Crippen molar-refractivity contribution in [2.45, 2.75) is 32.1 Å². The molecule has 0 aliphatic heterocycles. The van der Waals surface area contributed by atoms with E-state index in [-0.39, 0.29) is 11.8 Å². The van der Waals surface area contributed by atoms with Crippen molar-refractivity contribution in [3.8, 4) is 11.5 Å². The molecule has 0 bridgehead atoms. The van der Waals surface area contributed by atoms with Crippen molar-refractivity contribution < 1.29 is 14.3 Å². The number of anilines is 1. The molecule has 1 aromatic heterocycles. The maximum absolute atomic E-state index is 13.2. The van der Waals surface area contributed by atoms with Gasteiger partial charge in [-0.05, 0) is 52.0 Å². The number of carbonyl (C=O) groups is 1. The Morgan fingerprint density at radius 1 is 1.15 bits per heavy atom. The molecule has 6 nitrogen and oxygen atoms in total. The quantitative estimate of drug-likeness (QED) is 0.685. The molecule has 0 radical (unpaired) electrons. The monoisotopic (exact) mass is 391 g/mol. The molecule has 0 spiro atoms. The molecule has 3 rings (SSSR count). The second-order valence-electron chi connectivity index (χ2n) is 7.27. The van der Waals surface area contributed by atoms with E-state index >= 15 is 0 Å². The summed E-state index contributed by atoms with van der Waals surface area (Å²) >= 11 is 1.51. The molecule has 1 amide bonds. The van der Waals surface area contributed by atoms with Gasteiger partial charge >= 0.3 is 0 Å². The van der Waals surface area contributed by atoms with Crippen molar-refractivity contribution in [1.29, 1.82) is 0 Å². The zero-order chi connectivity index (χ0) is 19.4. The van der Waals surface area contributed by atoms with E-state index < -0.39 is 0 Å². The molecule has 0 atom stereocenters. The SMILES string of the molecule is COc1ccc(OC)c2sc(N(CCCN(C)C)C(=O)C3CCCC3)nc12. The van der Waals surface area contributed by atoms with Crippen LogP contribution < -0.4 is 14.4 Å². The summed E-state index contributed by atoms with van der Waals surface area (Å²) in [5, 5.41) is 0.739. The van der Waals surface area contributed by atoms with Gasteiger partial charge in [0.25, 0.3) is 0 Å². The van der Waals surface area contributed by atoms with E-state index in [2.05, 4.69) is 19.0 Å². The maximum atomic E-state index is 13.2. The van der Waals surface area contributed by atoms with Crippen molar-refractivity contribution in [3.05, 3.63) is 12.1 Å². The minimum absolute atomic E-state index is 0.125. The molecule has 1 saturated carbocycles. The average molecular weight is 392 g/mol. The van der Waals surface area contributed by atoms with E-state index in [0.29, 0.717) is 12.3 Å². The largest absolute Gasteiger partial charge is 0.495 e. The summed E-state index contributed by atoms with van der Waals surface area (Å²) in [6.45, 7) is 1.62. The maximum Gasteiger partial charge on any atom is 0.231 e. The lowest BCUT2D eigenvalue weighted by atomic mass is 10.1. The second kappa shape index (κ2) is 8.89. The molecule has 1 aromatic carbocycles. The van der Waals surface area contributed by atoms with Crippen LogP contribution in [0.3, 0.4) is 0 Å². The predicted molar refractivity (Wildman–Crippen MR) is 110 cm³/mol. The predicted octanol–water partition coefficient (Wildman–Crippen LogP) is 3.79. The van der Waals surface area contributed by atoms with Gasteiger partial charge in [-0.25, -0.2) is 4.98 Å². The van der Waals surface area contributed by atoms with Crippen molar-refractivity contribution in [2.75, 3.05) is 46.3 Å². The normalized spacial score (nSPS) is 14.9. The van der Waals surface area contributed by atoms with Crippen molar-refractivity contribution >= 4 is 32.6 Å². The van der Waals surface area contributed by atoms with Crippen LogP contribution in [0.5, 0.6) is 11.5 Å². The molecule has 2 aromatic rings. The first-order valence-electron chi connectivity index (χ1n) is 9.52. The van der Waals surface area contributed by atoms with Crippen LogP contribution in [-0.4, -0.2) is 57.2 Å². The van der Waals surface area contributed by atoms with Gasteiger partial charge in [0.2, 0.25) is 5.91 Å². The number of carbonyl (C=O) groups excluding carboxylic acids is 1. The molecule has 148 valence electrons. The fourth-order valence-corrected chi connectivity index (χ4v) is 4.73. The van der Waals surface area contributed by atoms with E-state index in [1.54, 1.807) is 14.2 Å². The molecule has 1 fully saturated rings. The number of methoxy groups -OCH3 is 2. The third-order valence-electron chi connectivity index (χ3n) is 5.09. The number of amides is 1. The summed E-state index contributed by atoms with van der Waals surface area (Å²) < 4.78 is 11.9. The molecule has 0 N–H and O–H groups in total. The lowest BCUT2D eigenvalue weighted by Gasteiger charge is -2.24. The molecule has 0 saturated heterocycles. The first kappa shape index (κ1) is 19.9. The first-order valence-corrected chi connectivity index (χ1v) is 10.3. The average Bonchev–Trinajstić information content (AvgIpc) is 3.33. The molecule has 1 aliphatic rings. The number of benzene rings is 1. The number of ether oxygens (including phenoxy) is 2. The van der Waals surface area contributed by atoms with Gasteiger partial charge in [0.1, 0.15) is 21.7 Å². The van der Waals surface area contributed by atoms with Gasteiger partial charge in [-0.2, -0.15) is 0 Å². The molecular formula is C20H29N3O3S. The van der Waals surface area contributed by atoms with Crippen LogP contribution in [0, 0.1) is 5.92 Å². The fraction of sp³-hybridized carbons (Fsp3) is 0.600. The van der Waals surface area contributed by atoms with Gasteiger partial charge in [0.15, 0.2) is 5.13 Å². The van der Waals surface area contributed by atoms with Crippen molar-refractivity contribution in [1.82, 2.24) is 9.88 Å². The van der Waals surface area contributed by atoms with Crippen molar-refractivity contribution in [3.63, 3.8) is 0 Å². The Morgan fingerprint density at radius 2 is 1.81 bits per heavy atom. The highest BCUT2D eigenvalue weighted by Gasteiger charge is 2.30. The highest BCUT2D eigenvalue weighted by Crippen LogP contribution is 2.41. The number of aromatic nitrogens is 1. The van der Waals surface area contributed by atoms with E-state index in [9.17, 15) is 4.79 Å². The van der Waals surface area contributed by atoms with Gasteiger partial charge in [-0.3, -0.25) is 9.69 Å². The summed E-state index contributed by atoms with van der Waals surface area (Å²) in [7, 11) is 7.39. The smallest absolute Gasteiger partial charge is 0.231 e. The number of rotatable bonds is 8. The third-order valence-corrected chi connectivity index (χ3v) is 6.18. The summed E-state index contributed by atoms with van der Waals surface area (Å²) in [4.78, 5) is 22.0. The van der Waals surface area contributed by atoms with E-state index in [1.165, 1.54) is 11.3 Å². The van der Waals surface area contributed by atoms with Crippen LogP contribution in [0.2, 0.25) is 0 Å². The standard InChI is InChI=1S/C20H29N3O3S/c1-22(2)12-7-13-23(19(24)14-8-5-6-9-14)20-21-17-15(25-3)10-11-16(26-4)18(17)27-20/h10-11,14H,5-9,12-13H2,1-4H3. The first-order chi connectivity index (χ1) is 13.0. The molecule has 1 aliphatic carbocycles. The molecule has 7 heteroatoms. The highest BCUT2D eigenvalue weighted by atomic mass is 32.1. The van der Waals surface area contributed by atoms with Crippen LogP contribution in [-0.2, 0) is 4.79 Å². The lowest BCUT2D eigenvalue weighted by molar-refractivity contribution is -0.122. The lowest BCUT2D eigenvalue weighted by Crippen LogP contribution is -2.37. The van der Waals surface area contributed by atoms with Gasteiger partial charge in [-0.1, -0.05) is 24.2 Å². The van der Waals surface area contributed by atoms with Gasteiger partial charge < -0.3 is 14.4 Å². The zero-order valence-corrected chi connectivity index (χ0v) is 17.5. The Kier molecular flexibility index (Phi) is 6.55. The zero-order valence-electron chi connectivity index (χ0n) is 16.7. The number of nitrogens with zero attached hydrogens (tertiary/aromatic N) is 3. The van der Waals surface area contributed by atoms with Crippen LogP contribution >= 0.6 is 11.3 Å². The van der Waals surface area contributed by atoms with Gasteiger partial charge in [-0.15, -0.1) is 0 Å². The number of thiazole rings is 1. The van der Waals surface area contributed by atoms with E-state index in [1.807, 2.05) is 17.0 Å². The highest BCUT2D eigenvalue weighted by molar-refractivity contribution is 7.22. The summed E-state index contributed by atoms with van der Waals surface area (Å²) in [6.07, 6.45) is 5.17. The topological polar surface area (TPSA) is 54.9 Å². The van der Waals surface area contributed by atoms with E-state index in [4.69, 9.17) is 14.5 Å². The fourth-order valence-electron chi connectivity index (χ4n) is 3.63. The summed E-state index contributed by atoms with van der Waals surface area (Å²) in [5.41, 5.74) is 0.758. The van der Waals surface area contributed by atoms with Crippen LogP contribution in [0.25, 0.3) is 10.2 Å². The molecule has 27 heavy (non-hydrogen) atoms. The summed E-state index contributed by atoms with van der Waals surface area (Å²) in [5.74, 6) is 1.80. The Morgan fingerprint density at radius 3 is 2.44 bits per heavy atom. The Labute approximate surface area is 165 Å². The van der Waals surface area contributed by atoms with Gasteiger partial charge in [0.05, 0.1) is 14.2 Å². The molecule has 1 heterocycles. The van der Waals surface area contributed by atoms with Crippen LogP contribution in [0.15, 0.2) is 12.1 Å². The Bertz CT molecular complexity index is 743. The van der Waals surface area contributed by atoms with Crippen LogP contribution in [0.1, 0.15) is 32.1 Å². The molecule has 0 unspecified atom stereocenters. The number of hydrogen-bond donors (Lipinski definition) is 0. The van der Waals surface area contributed by atoms with Crippen molar-refractivity contribution in [2.24, 2.45) is 5.92 Å². The Hall–Kier alpha value is -1.86. The molecular weight excluding hydrogens is 362 g/mol. The summed E-state index contributed by atoms with van der Waals surface area (Å²) in [6, 6.07) is 3.75. The van der Waals surface area contributed by atoms with Crippen LogP contribution in [0.4, 0.5) is 5.13 Å². The number of fused-ring (bicyclic) bond motifs is 1. The minimum Gasteiger partial charge on any atom is -0.495 e. The minimum atomic E-state index is 0.125. The van der Waals surface area contributed by atoms with Gasteiger partial charge in [0, 0.05) is 12.5 Å². The van der Waals surface area contributed by atoms with E-state index in [0.717, 1.165) is 59.7 Å². The third kappa shape index (κ3) is 4.35.